The predicted octanol–water partition coefficient (Wildman–Crippen LogP) is 1.89. The van der Waals surface area contributed by atoms with Gasteiger partial charge in [-0.1, -0.05) is 15.9 Å². The lowest BCUT2D eigenvalue weighted by Gasteiger charge is -2.27. The normalized spacial score (nSPS) is 18.7. The van der Waals surface area contributed by atoms with Crippen LogP contribution in [0.4, 0.5) is 19.3 Å². The van der Waals surface area contributed by atoms with E-state index in [0.717, 1.165) is 11.1 Å². The molecular weight excluding hydrogens is 468 g/mol. The predicted molar refractivity (Wildman–Crippen MR) is 103 cm³/mol. The molecule has 1 aromatic heterocycles. The minimum Gasteiger partial charge on any atom is -0.393 e. The van der Waals surface area contributed by atoms with Crippen molar-refractivity contribution in [1.29, 1.82) is 0 Å². The number of fused-ring (bicyclic) bond motifs is 3. The molecule has 0 saturated carbocycles. The highest BCUT2D eigenvalue weighted by atomic mass is 79.9. The van der Waals surface area contributed by atoms with E-state index in [4.69, 9.17) is 4.84 Å². The molecule has 3 heterocycles. The number of nitrogens with zero attached hydrogens (tertiary/aromatic N) is 4. The van der Waals surface area contributed by atoms with Gasteiger partial charge in [-0.2, -0.15) is 5.10 Å². The average Bonchev–Trinajstić information content (AvgIpc) is 3.01. The van der Waals surface area contributed by atoms with Crippen molar-refractivity contribution in [2.45, 2.75) is 25.6 Å². The number of anilines is 1. The molecule has 0 saturated heterocycles. The van der Waals surface area contributed by atoms with Crippen LogP contribution in [-0.2, 0) is 24.3 Å². The SMILES string of the molecule is CN1O[C@H](CO)Cn2nc3c(c2C1=O)CN(C(=O)Nc1cc(Br)cc(F)c1F)CC3. The maximum Gasteiger partial charge on any atom is 0.322 e. The van der Waals surface area contributed by atoms with Crippen molar-refractivity contribution < 1.29 is 28.3 Å². The largest absolute Gasteiger partial charge is 0.393 e. The Labute approximate surface area is 178 Å². The van der Waals surface area contributed by atoms with E-state index in [0.29, 0.717) is 17.7 Å². The summed E-state index contributed by atoms with van der Waals surface area (Å²) < 4.78 is 29.4. The topological polar surface area (TPSA) is 99.9 Å². The molecule has 2 aliphatic rings. The molecule has 0 unspecified atom stereocenters. The van der Waals surface area contributed by atoms with Gasteiger partial charge in [0.25, 0.3) is 5.91 Å². The number of carbonyl (C=O) groups is 2. The number of amides is 3. The van der Waals surface area contributed by atoms with E-state index < -0.39 is 29.7 Å². The summed E-state index contributed by atoms with van der Waals surface area (Å²) in [6.45, 7) is 0.254. The Balaban J connectivity index is 1.59. The summed E-state index contributed by atoms with van der Waals surface area (Å²) in [6, 6.07) is 1.60. The zero-order valence-corrected chi connectivity index (χ0v) is 17.4. The van der Waals surface area contributed by atoms with Crippen LogP contribution in [0.3, 0.4) is 0 Å². The average molecular weight is 486 g/mol. The molecule has 0 radical (unpaired) electrons. The number of benzene rings is 1. The first kappa shape index (κ1) is 20.7. The van der Waals surface area contributed by atoms with Crippen molar-refractivity contribution in [2.24, 2.45) is 0 Å². The summed E-state index contributed by atoms with van der Waals surface area (Å²) in [6.07, 6.45) is -0.241. The van der Waals surface area contributed by atoms with Crippen molar-refractivity contribution >= 4 is 33.6 Å². The third kappa shape index (κ3) is 3.66. The molecule has 12 heteroatoms. The van der Waals surface area contributed by atoms with Crippen molar-refractivity contribution in [3.05, 3.63) is 45.2 Å². The molecule has 1 atom stereocenters. The minimum absolute atomic E-state index is 0.0674. The highest BCUT2D eigenvalue weighted by molar-refractivity contribution is 9.10. The van der Waals surface area contributed by atoms with Gasteiger partial charge in [-0.15, -0.1) is 0 Å². The number of aromatic nitrogens is 2. The Morgan fingerprint density at radius 2 is 2.20 bits per heavy atom. The lowest BCUT2D eigenvalue weighted by Crippen LogP contribution is -2.40. The Kier molecular flexibility index (Phi) is 5.47. The maximum atomic E-state index is 14.0. The number of hydroxylamine groups is 2. The molecule has 0 spiro atoms. The second-order valence-electron chi connectivity index (χ2n) is 7.02. The van der Waals surface area contributed by atoms with Gasteiger partial charge in [-0.3, -0.25) is 14.3 Å². The fraction of sp³-hybridized carbons (Fsp3) is 0.389. The zero-order chi connectivity index (χ0) is 21.6. The molecule has 4 rings (SSSR count). The second-order valence-corrected chi connectivity index (χ2v) is 7.94. The zero-order valence-electron chi connectivity index (χ0n) is 15.9. The third-order valence-electron chi connectivity index (χ3n) is 5.00. The first-order chi connectivity index (χ1) is 14.3. The van der Waals surface area contributed by atoms with E-state index in [1.165, 1.54) is 22.7 Å². The number of urea groups is 1. The highest BCUT2D eigenvalue weighted by Crippen LogP contribution is 2.28. The van der Waals surface area contributed by atoms with E-state index in [-0.39, 0.29) is 42.1 Å². The number of carbonyl (C=O) groups excluding carboxylic acids is 2. The molecule has 160 valence electrons. The smallest absolute Gasteiger partial charge is 0.322 e. The number of rotatable bonds is 2. The molecule has 2 N–H and O–H groups in total. The van der Waals surface area contributed by atoms with Crippen molar-refractivity contribution in [3.63, 3.8) is 0 Å². The highest BCUT2D eigenvalue weighted by Gasteiger charge is 2.35. The summed E-state index contributed by atoms with van der Waals surface area (Å²) in [5.74, 6) is -2.69. The van der Waals surface area contributed by atoms with Gasteiger partial charge in [-0.05, 0) is 12.1 Å². The van der Waals surface area contributed by atoms with E-state index >= 15 is 0 Å². The van der Waals surface area contributed by atoms with Crippen LogP contribution in [0.25, 0.3) is 0 Å². The van der Waals surface area contributed by atoms with Gasteiger partial charge in [0, 0.05) is 30.0 Å². The number of hydrogen-bond acceptors (Lipinski definition) is 5. The number of hydrogen-bond donors (Lipinski definition) is 2. The van der Waals surface area contributed by atoms with Crippen LogP contribution in [0.5, 0.6) is 0 Å². The maximum absolute atomic E-state index is 14.0. The summed E-state index contributed by atoms with van der Waals surface area (Å²) in [7, 11) is 1.44. The molecule has 9 nitrogen and oxygen atoms in total. The van der Waals surface area contributed by atoms with E-state index in [1.54, 1.807) is 0 Å². The molecule has 0 bridgehead atoms. The van der Waals surface area contributed by atoms with Gasteiger partial charge >= 0.3 is 6.03 Å². The van der Waals surface area contributed by atoms with Crippen molar-refractivity contribution in [1.82, 2.24) is 19.7 Å². The Morgan fingerprint density at radius 1 is 1.43 bits per heavy atom. The fourth-order valence-electron chi connectivity index (χ4n) is 3.55. The monoisotopic (exact) mass is 485 g/mol. The molecule has 3 amide bonds. The van der Waals surface area contributed by atoms with E-state index in [1.807, 2.05) is 0 Å². The third-order valence-corrected chi connectivity index (χ3v) is 5.46. The molecule has 30 heavy (non-hydrogen) atoms. The second kappa shape index (κ2) is 7.93. The lowest BCUT2D eigenvalue weighted by atomic mass is 10.1. The van der Waals surface area contributed by atoms with Gasteiger partial charge in [-0.25, -0.2) is 18.6 Å². The van der Waals surface area contributed by atoms with Crippen molar-refractivity contribution in [3.8, 4) is 0 Å². The summed E-state index contributed by atoms with van der Waals surface area (Å²) in [4.78, 5) is 32.2. The lowest BCUT2D eigenvalue weighted by molar-refractivity contribution is -0.159. The van der Waals surface area contributed by atoms with E-state index in [2.05, 4.69) is 26.3 Å². The molecule has 2 aromatic rings. The van der Waals surface area contributed by atoms with Crippen LogP contribution >= 0.6 is 15.9 Å². The number of nitrogens with one attached hydrogen (secondary N) is 1. The van der Waals surface area contributed by atoms with Crippen LogP contribution in [0.2, 0.25) is 0 Å². The Bertz CT molecular complexity index is 1030. The minimum atomic E-state index is -1.16. The number of halogens is 3. The fourth-order valence-corrected chi connectivity index (χ4v) is 3.98. The quantitative estimate of drug-likeness (QED) is 0.632. The first-order valence-corrected chi connectivity index (χ1v) is 9.92. The van der Waals surface area contributed by atoms with Crippen LogP contribution in [0.15, 0.2) is 16.6 Å². The van der Waals surface area contributed by atoms with Crippen LogP contribution < -0.4 is 5.32 Å². The van der Waals surface area contributed by atoms with Crippen LogP contribution in [-0.4, -0.2) is 63.1 Å². The van der Waals surface area contributed by atoms with Gasteiger partial charge in [0.15, 0.2) is 11.6 Å². The van der Waals surface area contributed by atoms with Gasteiger partial charge in [0.1, 0.15) is 11.8 Å². The van der Waals surface area contributed by atoms with Crippen LogP contribution in [0, 0.1) is 11.6 Å². The first-order valence-electron chi connectivity index (χ1n) is 9.13. The van der Waals surface area contributed by atoms with Crippen LogP contribution in [0.1, 0.15) is 21.7 Å². The number of aliphatic hydroxyl groups is 1. The molecule has 0 aliphatic carbocycles. The summed E-state index contributed by atoms with van der Waals surface area (Å²) in [5, 5.41) is 17.3. The van der Waals surface area contributed by atoms with Crippen molar-refractivity contribution in [2.75, 3.05) is 25.5 Å². The molecule has 2 aliphatic heterocycles. The standard InChI is InChI=1S/C18H18BrF2N5O4/c1-24-17(28)16-11-7-25(3-2-13(11)23-26(16)6-10(8-27)30-24)18(29)22-14-5-9(19)4-12(20)15(14)21/h4-5,10,27H,2-3,6-8H2,1H3,(H,22,29)/t10-/m0/s1. The summed E-state index contributed by atoms with van der Waals surface area (Å²) in [5.41, 5.74) is 1.23. The van der Waals surface area contributed by atoms with Gasteiger partial charge < -0.3 is 15.3 Å². The number of aliphatic hydroxyl groups excluding tert-OH is 1. The Hall–Kier alpha value is -2.57. The van der Waals surface area contributed by atoms with E-state index in [9.17, 15) is 23.5 Å². The summed E-state index contributed by atoms with van der Waals surface area (Å²) >= 11 is 3.07. The Morgan fingerprint density at radius 3 is 2.93 bits per heavy atom. The van der Waals surface area contributed by atoms with Gasteiger partial charge in [0.05, 0.1) is 31.1 Å². The van der Waals surface area contributed by atoms with Gasteiger partial charge in [0.2, 0.25) is 0 Å². The molecular formula is C18H18BrF2N5O4. The molecule has 0 fully saturated rings. The molecule has 1 aromatic carbocycles.